The zero-order valence-electron chi connectivity index (χ0n) is 9.20. The number of nitrogens with zero attached hydrogens (tertiary/aromatic N) is 2. The minimum absolute atomic E-state index is 0.606. The van der Waals surface area contributed by atoms with Gasteiger partial charge in [-0.05, 0) is 24.1 Å². The number of hydrogen-bond acceptors (Lipinski definition) is 3. The van der Waals surface area contributed by atoms with Gasteiger partial charge in [0, 0.05) is 23.7 Å². The highest BCUT2D eigenvalue weighted by Crippen LogP contribution is 2.12. The molecule has 0 spiro atoms. The van der Waals surface area contributed by atoms with E-state index in [0.717, 1.165) is 23.4 Å². The fourth-order valence-electron chi connectivity index (χ4n) is 1.47. The summed E-state index contributed by atoms with van der Waals surface area (Å²) >= 11 is 11.4. The van der Waals surface area contributed by atoms with Gasteiger partial charge in [-0.1, -0.05) is 28.9 Å². The first-order valence-electron chi connectivity index (χ1n) is 5.40. The van der Waals surface area contributed by atoms with Crippen molar-refractivity contribution in [3.05, 3.63) is 46.6 Å². The highest BCUT2D eigenvalue weighted by atomic mass is 35.5. The summed E-state index contributed by atoms with van der Waals surface area (Å²) in [5.74, 6) is 1.95. The van der Waals surface area contributed by atoms with Crippen LogP contribution in [0.1, 0.15) is 23.7 Å². The number of aryl methyl sites for hydroxylation is 1. The molecular weight excluding hydrogens is 259 g/mol. The third-order valence-electron chi connectivity index (χ3n) is 2.31. The van der Waals surface area contributed by atoms with E-state index in [9.17, 15) is 0 Å². The zero-order chi connectivity index (χ0) is 12.1. The van der Waals surface area contributed by atoms with Crippen LogP contribution in [0.2, 0.25) is 5.02 Å². The minimum Gasteiger partial charge on any atom is -0.339 e. The third kappa shape index (κ3) is 3.72. The molecule has 0 N–H and O–H groups in total. The molecular formula is C12H12Cl2N2O. The number of hydrogen-bond donors (Lipinski definition) is 0. The van der Waals surface area contributed by atoms with E-state index in [0.29, 0.717) is 24.0 Å². The summed E-state index contributed by atoms with van der Waals surface area (Å²) < 4.78 is 5.12. The van der Waals surface area contributed by atoms with Crippen LogP contribution < -0.4 is 0 Å². The Morgan fingerprint density at radius 3 is 2.65 bits per heavy atom. The largest absolute Gasteiger partial charge is 0.339 e. The van der Waals surface area contributed by atoms with Crippen LogP contribution in [-0.2, 0) is 12.8 Å². The van der Waals surface area contributed by atoms with Crippen molar-refractivity contribution in [2.24, 2.45) is 0 Å². The summed E-state index contributed by atoms with van der Waals surface area (Å²) in [5, 5.41) is 4.65. The Morgan fingerprint density at radius 1 is 1.18 bits per heavy atom. The fourth-order valence-corrected chi connectivity index (χ4v) is 1.73. The molecule has 3 nitrogen and oxygen atoms in total. The summed E-state index contributed by atoms with van der Waals surface area (Å²) in [7, 11) is 0. The number of benzene rings is 1. The van der Waals surface area contributed by atoms with Gasteiger partial charge < -0.3 is 4.52 Å². The molecule has 1 aromatic carbocycles. The molecule has 0 saturated carbocycles. The predicted octanol–water partition coefficient (Wildman–Crippen LogP) is 3.49. The summed E-state index contributed by atoms with van der Waals surface area (Å²) in [4.78, 5) is 4.30. The second kappa shape index (κ2) is 6.03. The van der Waals surface area contributed by atoms with Gasteiger partial charge in [-0.3, -0.25) is 0 Å². The summed E-state index contributed by atoms with van der Waals surface area (Å²) in [5.41, 5.74) is 1.11. The molecule has 0 aliphatic rings. The molecule has 90 valence electrons. The lowest BCUT2D eigenvalue weighted by Gasteiger charge is -1.96. The molecule has 0 amide bonds. The maximum atomic E-state index is 5.81. The molecule has 0 unspecified atom stereocenters. The van der Waals surface area contributed by atoms with Crippen molar-refractivity contribution in [2.75, 3.05) is 5.88 Å². The zero-order valence-corrected chi connectivity index (χ0v) is 10.7. The molecule has 2 rings (SSSR count). The Morgan fingerprint density at radius 2 is 1.94 bits per heavy atom. The molecule has 1 aromatic heterocycles. The smallest absolute Gasteiger partial charge is 0.226 e. The van der Waals surface area contributed by atoms with E-state index < -0.39 is 0 Å². The molecule has 0 aliphatic carbocycles. The molecule has 0 atom stereocenters. The van der Waals surface area contributed by atoms with Crippen LogP contribution >= 0.6 is 23.2 Å². The van der Waals surface area contributed by atoms with Crippen molar-refractivity contribution in [1.82, 2.24) is 10.1 Å². The lowest BCUT2D eigenvalue weighted by molar-refractivity contribution is 0.373. The van der Waals surface area contributed by atoms with E-state index in [1.54, 1.807) is 0 Å². The molecule has 0 radical (unpaired) electrons. The maximum absolute atomic E-state index is 5.81. The number of halogens is 2. The van der Waals surface area contributed by atoms with Crippen molar-refractivity contribution in [3.63, 3.8) is 0 Å². The normalized spacial score (nSPS) is 10.7. The molecule has 17 heavy (non-hydrogen) atoms. The average molecular weight is 271 g/mol. The standard InChI is InChI=1S/C12H12Cl2N2O/c13-7-1-2-12-15-11(16-17-12)8-9-3-5-10(14)6-4-9/h3-6H,1-2,7-8H2. The first kappa shape index (κ1) is 12.4. The van der Waals surface area contributed by atoms with E-state index in [-0.39, 0.29) is 0 Å². The van der Waals surface area contributed by atoms with Crippen LogP contribution in [0.25, 0.3) is 0 Å². The summed E-state index contributed by atoms with van der Waals surface area (Å²) in [6.07, 6.45) is 2.24. The van der Waals surface area contributed by atoms with Crippen LogP contribution in [0.4, 0.5) is 0 Å². The highest BCUT2D eigenvalue weighted by Gasteiger charge is 2.06. The molecule has 0 saturated heterocycles. The van der Waals surface area contributed by atoms with Crippen molar-refractivity contribution < 1.29 is 4.52 Å². The first-order chi connectivity index (χ1) is 8.28. The lowest BCUT2D eigenvalue weighted by Crippen LogP contribution is -1.91. The van der Waals surface area contributed by atoms with Gasteiger partial charge in [0.2, 0.25) is 5.89 Å². The van der Waals surface area contributed by atoms with Gasteiger partial charge in [-0.2, -0.15) is 4.98 Å². The Hall–Kier alpha value is -1.06. The third-order valence-corrected chi connectivity index (χ3v) is 2.83. The topological polar surface area (TPSA) is 38.9 Å². The second-order valence-corrected chi connectivity index (χ2v) is 4.51. The van der Waals surface area contributed by atoms with Crippen molar-refractivity contribution >= 4 is 23.2 Å². The summed E-state index contributed by atoms with van der Waals surface area (Å²) in [6, 6.07) is 7.62. The number of rotatable bonds is 5. The Balaban J connectivity index is 1.98. The maximum Gasteiger partial charge on any atom is 0.226 e. The highest BCUT2D eigenvalue weighted by molar-refractivity contribution is 6.30. The lowest BCUT2D eigenvalue weighted by atomic mass is 10.1. The predicted molar refractivity (Wildman–Crippen MR) is 67.6 cm³/mol. The van der Waals surface area contributed by atoms with Crippen LogP contribution in [0.5, 0.6) is 0 Å². The van der Waals surface area contributed by atoms with E-state index in [4.69, 9.17) is 27.7 Å². The molecule has 0 aliphatic heterocycles. The Labute approximate surface area is 110 Å². The van der Waals surface area contributed by atoms with Crippen LogP contribution in [0.15, 0.2) is 28.8 Å². The first-order valence-corrected chi connectivity index (χ1v) is 6.31. The van der Waals surface area contributed by atoms with Crippen LogP contribution in [-0.4, -0.2) is 16.0 Å². The SMILES string of the molecule is ClCCCc1nc(Cc2ccc(Cl)cc2)no1. The van der Waals surface area contributed by atoms with Crippen LogP contribution in [0, 0.1) is 0 Å². The molecule has 0 bridgehead atoms. The Bertz CT molecular complexity index is 468. The van der Waals surface area contributed by atoms with Gasteiger partial charge in [-0.25, -0.2) is 0 Å². The van der Waals surface area contributed by atoms with E-state index in [1.165, 1.54) is 0 Å². The Kier molecular flexibility index (Phi) is 4.40. The second-order valence-electron chi connectivity index (χ2n) is 3.70. The van der Waals surface area contributed by atoms with Crippen molar-refractivity contribution in [2.45, 2.75) is 19.3 Å². The quantitative estimate of drug-likeness (QED) is 0.781. The van der Waals surface area contributed by atoms with E-state index >= 15 is 0 Å². The minimum atomic E-state index is 0.606. The van der Waals surface area contributed by atoms with Gasteiger partial charge in [0.05, 0.1) is 0 Å². The van der Waals surface area contributed by atoms with Crippen molar-refractivity contribution in [3.8, 4) is 0 Å². The molecule has 1 heterocycles. The molecule has 5 heteroatoms. The van der Waals surface area contributed by atoms with Gasteiger partial charge >= 0.3 is 0 Å². The van der Waals surface area contributed by atoms with Gasteiger partial charge in [0.15, 0.2) is 5.82 Å². The monoisotopic (exact) mass is 270 g/mol. The summed E-state index contributed by atoms with van der Waals surface area (Å²) in [6.45, 7) is 0. The van der Waals surface area contributed by atoms with Gasteiger partial charge in [0.1, 0.15) is 0 Å². The van der Waals surface area contributed by atoms with E-state index in [1.807, 2.05) is 24.3 Å². The van der Waals surface area contributed by atoms with Gasteiger partial charge in [0.25, 0.3) is 0 Å². The number of alkyl halides is 1. The molecule has 0 fully saturated rings. The van der Waals surface area contributed by atoms with Crippen LogP contribution in [0.3, 0.4) is 0 Å². The van der Waals surface area contributed by atoms with Crippen molar-refractivity contribution in [1.29, 1.82) is 0 Å². The van der Waals surface area contributed by atoms with Gasteiger partial charge in [-0.15, -0.1) is 11.6 Å². The number of aromatic nitrogens is 2. The fraction of sp³-hybridized carbons (Fsp3) is 0.333. The molecule has 2 aromatic rings. The van der Waals surface area contributed by atoms with E-state index in [2.05, 4.69) is 10.1 Å². The average Bonchev–Trinajstić information content (AvgIpc) is 2.77.